The Hall–Kier alpha value is -0.960. The van der Waals surface area contributed by atoms with Crippen molar-refractivity contribution in [2.75, 3.05) is 13.1 Å². The second kappa shape index (κ2) is 6.10. The highest BCUT2D eigenvalue weighted by Gasteiger charge is 2.18. The van der Waals surface area contributed by atoms with Gasteiger partial charge in [-0.15, -0.1) is 0 Å². The molecule has 0 saturated heterocycles. The first kappa shape index (κ1) is 14.1. The molecule has 1 aromatic rings. The summed E-state index contributed by atoms with van der Waals surface area (Å²) in [5, 5.41) is 3.35. The SMILES string of the molecule is CCCNCC(C)(C)Cc1ccc(F)c(F)c1. The molecule has 0 unspecified atom stereocenters. The molecule has 1 aromatic carbocycles. The number of benzene rings is 1. The molecule has 0 bridgehead atoms. The highest BCUT2D eigenvalue weighted by Crippen LogP contribution is 2.22. The second-order valence-electron chi connectivity index (χ2n) is 5.27. The van der Waals surface area contributed by atoms with Crippen LogP contribution in [0, 0.1) is 17.0 Å². The summed E-state index contributed by atoms with van der Waals surface area (Å²) in [7, 11) is 0. The number of hydrogen-bond donors (Lipinski definition) is 1. The Morgan fingerprint density at radius 1 is 1.18 bits per heavy atom. The van der Waals surface area contributed by atoms with Crippen LogP contribution in [0.4, 0.5) is 8.78 Å². The lowest BCUT2D eigenvalue weighted by Crippen LogP contribution is -2.31. The minimum atomic E-state index is -0.782. The number of rotatable bonds is 6. The summed E-state index contributed by atoms with van der Waals surface area (Å²) in [5.41, 5.74) is 0.881. The lowest BCUT2D eigenvalue weighted by molar-refractivity contribution is 0.338. The third-order valence-corrected chi connectivity index (χ3v) is 2.70. The lowest BCUT2D eigenvalue weighted by Gasteiger charge is -2.25. The standard InChI is InChI=1S/C14H21F2N/c1-4-7-17-10-14(2,3)9-11-5-6-12(15)13(16)8-11/h5-6,8,17H,4,7,9-10H2,1-3H3. The molecule has 17 heavy (non-hydrogen) atoms. The first-order chi connectivity index (χ1) is 7.94. The summed E-state index contributed by atoms with van der Waals surface area (Å²) in [6.45, 7) is 8.23. The lowest BCUT2D eigenvalue weighted by atomic mass is 9.85. The monoisotopic (exact) mass is 241 g/mol. The van der Waals surface area contributed by atoms with Crippen molar-refractivity contribution in [3.05, 3.63) is 35.4 Å². The van der Waals surface area contributed by atoms with Gasteiger partial charge in [0, 0.05) is 6.54 Å². The van der Waals surface area contributed by atoms with Crippen molar-refractivity contribution in [3.63, 3.8) is 0 Å². The number of hydrogen-bond acceptors (Lipinski definition) is 1. The van der Waals surface area contributed by atoms with Gasteiger partial charge in [-0.3, -0.25) is 0 Å². The van der Waals surface area contributed by atoms with Crippen LogP contribution in [0.2, 0.25) is 0 Å². The van der Waals surface area contributed by atoms with E-state index in [9.17, 15) is 8.78 Å². The average Bonchev–Trinajstić information content (AvgIpc) is 2.23. The fourth-order valence-corrected chi connectivity index (χ4v) is 1.87. The largest absolute Gasteiger partial charge is 0.316 e. The van der Waals surface area contributed by atoms with Crippen molar-refractivity contribution in [2.45, 2.75) is 33.6 Å². The smallest absolute Gasteiger partial charge is 0.159 e. The van der Waals surface area contributed by atoms with E-state index in [4.69, 9.17) is 0 Å². The van der Waals surface area contributed by atoms with E-state index in [-0.39, 0.29) is 5.41 Å². The zero-order chi connectivity index (χ0) is 12.9. The summed E-state index contributed by atoms with van der Waals surface area (Å²) in [6.07, 6.45) is 1.84. The van der Waals surface area contributed by atoms with Gasteiger partial charge in [0.2, 0.25) is 0 Å². The minimum absolute atomic E-state index is 0.0411. The molecule has 1 N–H and O–H groups in total. The van der Waals surface area contributed by atoms with E-state index >= 15 is 0 Å². The van der Waals surface area contributed by atoms with E-state index in [1.54, 1.807) is 6.07 Å². The Balaban J connectivity index is 2.59. The van der Waals surface area contributed by atoms with Crippen LogP contribution in [0.25, 0.3) is 0 Å². The molecule has 0 aliphatic heterocycles. The maximum absolute atomic E-state index is 13.1. The van der Waals surface area contributed by atoms with Crippen LogP contribution in [0.3, 0.4) is 0 Å². The number of nitrogens with one attached hydrogen (secondary N) is 1. The van der Waals surface area contributed by atoms with Gasteiger partial charge < -0.3 is 5.32 Å². The van der Waals surface area contributed by atoms with Crippen molar-refractivity contribution < 1.29 is 8.78 Å². The maximum atomic E-state index is 13.1. The predicted octanol–water partition coefficient (Wildman–Crippen LogP) is 3.53. The summed E-state index contributed by atoms with van der Waals surface area (Å²) in [6, 6.07) is 4.14. The van der Waals surface area contributed by atoms with E-state index in [1.165, 1.54) is 12.1 Å². The van der Waals surface area contributed by atoms with Gasteiger partial charge in [-0.1, -0.05) is 26.8 Å². The van der Waals surface area contributed by atoms with Crippen LogP contribution in [0.5, 0.6) is 0 Å². The molecule has 0 aliphatic rings. The normalized spacial score (nSPS) is 11.8. The van der Waals surface area contributed by atoms with Crippen LogP contribution in [0.1, 0.15) is 32.8 Å². The molecule has 0 heterocycles. The van der Waals surface area contributed by atoms with Crippen LogP contribution in [-0.2, 0) is 6.42 Å². The Labute approximate surface area is 102 Å². The Bertz CT molecular complexity index is 361. The van der Waals surface area contributed by atoms with Gasteiger partial charge in [-0.2, -0.15) is 0 Å². The first-order valence-corrected chi connectivity index (χ1v) is 6.09. The Kier molecular flexibility index (Phi) is 5.06. The predicted molar refractivity (Wildman–Crippen MR) is 67.0 cm³/mol. The van der Waals surface area contributed by atoms with Gasteiger partial charge in [-0.25, -0.2) is 8.78 Å². The quantitative estimate of drug-likeness (QED) is 0.751. The zero-order valence-electron chi connectivity index (χ0n) is 10.8. The van der Waals surface area contributed by atoms with Gasteiger partial charge in [0.25, 0.3) is 0 Å². The van der Waals surface area contributed by atoms with E-state index in [0.717, 1.165) is 31.5 Å². The highest BCUT2D eigenvalue weighted by molar-refractivity contribution is 5.19. The van der Waals surface area contributed by atoms with Crippen molar-refractivity contribution in [1.82, 2.24) is 5.32 Å². The van der Waals surface area contributed by atoms with Crippen LogP contribution < -0.4 is 5.32 Å². The molecular formula is C14H21F2N. The molecule has 0 radical (unpaired) electrons. The Morgan fingerprint density at radius 2 is 1.88 bits per heavy atom. The summed E-state index contributed by atoms with van der Waals surface area (Å²) in [5.74, 6) is -1.55. The van der Waals surface area contributed by atoms with E-state index in [1.807, 2.05) is 0 Å². The summed E-state index contributed by atoms with van der Waals surface area (Å²) >= 11 is 0. The topological polar surface area (TPSA) is 12.0 Å². The van der Waals surface area contributed by atoms with Gasteiger partial charge in [-0.05, 0) is 42.5 Å². The van der Waals surface area contributed by atoms with Crippen molar-refractivity contribution in [1.29, 1.82) is 0 Å². The molecule has 0 aromatic heterocycles. The maximum Gasteiger partial charge on any atom is 0.159 e. The first-order valence-electron chi connectivity index (χ1n) is 6.09. The molecular weight excluding hydrogens is 220 g/mol. The van der Waals surface area contributed by atoms with Gasteiger partial charge in [0.1, 0.15) is 0 Å². The van der Waals surface area contributed by atoms with Crippen molar-refractivity contribution in [3.8, 4) is 0 Å². The molecule has 0 atom stereocenters. The molecule has 1 rings (SSSR count). The van der Waals surface area contributed by atoms with Gasteiger partial charge in [0.05, 0.1) is 0 Å². The average molecular weight is 241 g/mol. The van der Waals surface area contributed by atoms with Gasteiger partial charge >= 0.3 is 0 Å². The molecule has 1 nitrogen and oxygen atoms in total. The third kappa shape index (κ3) is 4.82. The number of halogens is 2. The Morgan fingerprint density at radius 3 is 2.47 bits per heavy atom. The van der Waals surface area contributed by atoms with Gasteiger partial charge in [0.15, 0.2) is 11.6 Å². The molecule has 0 amide bonds. The van der Waals surface area contributed by atoms with Crippen molar-refractivity contribution >= 4 is 0 Å². The van der Waals surface area contributed by atoms with Crippen LogP contribution in [-0.4, -0.2) is 13.1 Å². The second-order valence-corrected chi connectivity index (χ2v) is 5.27. The highest BCUT2D eigenvalue weighted by atomic mass is 19.2. The molecule has 0 saturated carbocycles. The third-order valence-electron chi connectivity index (χ3n) is 2.70. The molecule has 0 aliphatic carbocycles. The van der Waals surface area contributed by atoms with Crippen LogP contribution >= 0.6 is 0 Å². The van der Waals surface area contributed by atoms with Crippen molar-refractivity contribution in [2.24, 2.45) is 5.41 Å². The molecule has 0 fully saturated rings. The molecule has 3 heteroatoms. The molecule has 0 spiro atoms. The fourth-order valence-electron chi connectivity index (χ4n) is 1.87. The van der Waals surface area contributed by atoms with E-state index < -0.39 is 11.6 Å². The molecule has 96 valence electrons. The summed E-state index contributed by atoms with van der Waals surface area (Å²) < 4.78 is 25.9. The zero-order valence-corrected chi connectivity index (χ0v) is 10.8. The van der Waals surface area contributed by atoms with E-state index in [0.29, 0.717) is 0 Å². The minimum Gasteiger partial charge on any atom is -0.316 e. The van der Waals surface area contributed by atoms with E-state index in [2.05, 4.69) is 26.1 Å². The fraction of sp³-hybridized carbons (Fsp3) is 0.571. The summed E-state index contributed by atoms with van der Waals surface area (Å²) in [4.78, 5) is 0. The van der Waals surface area contributed by atoms with Crippen LogP contribution in [0.15, 0.2) is 18.2 Å².